The maximum atomic E-state index is 14.6. The van der Waals surface area contributed by atoms with Crippen molar-refractivity contribution in [2.24, 2.45) is 0 Å². The normalized spacial score (nSPS) is 13.8. The number of benzene rings is 2. The van der Waals surface area contributed by atoms with Crippen molar-refractivity contribution in [1.82, 2.24) is 20.3 Å². The van der Waals surface area contributed by atoms with Crippen LogP contribution in [0.3, 0.4) is 0 Å². The van der Waals surface area contributed by atoms with Gasteiger partial charge in [0.2, 0.25) is 0 Å². The summed E-state index contributed by atoms with van der Waals surface area (Å²) in [5.74, 6) is -0.699. The molecule has 1 aliphatic heterocycles. The summed E-state index contributed by atoms with van der Waals surface area (Å²) in [5, 5.41) is 5.17. The molecule has 1 aliphatic rings. The molecule has 4 heterocycles. The Kier molecular flexibility index (Phi) is 6.68. The molecule has 0 saturated carbocycles. The lowest BCUT2D eigenvalue weighted by atomic mass is 10.0. The van der Waals surface area contributed by atoms with E-state index in [9.17, 15) is 9.18 Å². The first-order chi connectivity index (χ1) is 18.5. The second-order valence-electron chi connectivity index (χ2n) is 9.72. The topological polar surface area (TPSA) is 73.9 Å². The maximum Gasteiger partial charge on any atom is 0.251 e. The average Bonchev–Trinajstić information content (AvgIpc) is 3.30. The molecule has 0 atom stereocenters. The van der Waals surface area contributed by atoms with Crippen molar-refractivity contribution in [3.05, 3.63) is 100 Å². The molecule has 5 aromatic rings. The lowest BCUT2D eigenvalue weighted by Crippen LogP contribution is -2.30. The zero-order valence-corrected chi connectivity index (χ0v) is 21.6. The fraction of sp³-hybridized carbons (Fsp3) is 0.233. The predicted molar refractivity (Wildman–Crippen MR) is 149 cm³/mol. The number of para-hydroxylation sites is 1. The largest absolute Gasteiger partial charge is 0.370 e. The Balaban J connectivity index is 1.23. The van der Waals surface area contributed by atoms with E-state index in [1.807, 2.05) is 18.2 Å². The van der Waals surface area contributed by atoms with Crippen molar-refractivity contribution < 1.29 is 9.18 Å². The van der Waals surface area contributed by atoms with Crippen LogP contribution in [0.25, 0.3) is 21.8 Å². The number of nitrogens with one attached hydrogen (secondary N) is 2. The maximum absolute atomic E-state index is 14.6. The van der Waals surface area contributed by atoms with Gasteiger partial charge in [-0.05, 0) is 55.7 Å². The van der Waals surface area contributed by atoms with Crippen LogP contribution in [-0.2, 0) is 13.0 Å². The van der Waals surface area contributed by atoms with Crippen molar-refractivity contribution in [3.8, 4) is 0 Å². The molecule has 0 spiro atoms. The third-order valence-electron chi connectivity index (χ3n) is 7.14. The Bertz CT molecular complexity index is 1640. The van der Waals surface area contributed by atoms with E-state index in [2.05, 4.69) is 32.3 Å². The van der Waals surface area contributed by atoms with Crippen molar-refractivity contribution in [2.75, 3.05) is 18.0 Å². The van der Waals surface area contributed by atoms with Crippen LogP contribution in [0.1, 0.15) is 46.6 Å². The molecule has 2 aromatic carbocycles. The molecular formula is C30H27ClFN5O. The van der Waals surface area contributed by atoms with Gasteiger partial charge in [-0.3, -0.25) is 14.8 Å². The standard InChI is InChI=1S/C30H27ClFN5O/c31-24-18-34-27-16-25(32)21(13-23(24)27)17-35-30(38)20-8-9-33-22(12-20)15-28-29(37-10-4-1-5-11-37)14-19-6-2-3-7-26(19)36-28/h2-3,6-9,12-14,16,18,34H,1,4-5,10-11,15,17H2,(H,35,38). The van der Waals surface area contributed by atoms with Crippen molar-refractivity contribution >= 4 is 45.0 Å². The second-order valence-corrected chi connectivity index (χ2v) is 10.1. The molecule has 0 unspecified atom stereocenters. The number of carbonyl (C=O) groups excluding carboxylic acids is 1. The smallest absolute Gasteiger partial charge is 0.251 e. The Labute approximate surface area is 224 Å². The number of anilines is 1. The van der Waals surface area contributed by atoms with E-state index < -0.39 is 5.82 Å². The van der Waals surface area contributed by atoms with E-state index in [0.717, 1.165) is 46.5 Å². The summed E-state index contributed by atoms with van der Waals surface area (Å²) in [6.07, 6.45) is 7.36. The summed E-state index contributed by atoms with van der Waals surface area (Å²) in [5.41, 5.74) is 5.24. The molecule has 38 heavy (non-hydrogen) atoms. The number of aromatic amines is 1. The highest BCUT2D eigenvalue weighted by Crippen LogP contribution is 2.29. The van der Waals surface area contributed by atoms with Gasteiger partial charge in [0.05, 0.1) is 21.9 Å². The van der Waals surface area contributed by atoms with E-state index in [0.29, 0.717) is 28.1 Å². The van der Waals surface area contributed by atoms with Gasteiger partial charge >= 0.3 is 0 Å². The zero-order valence-electron chi connectivity index (χ0n) is 20.8. The first-order valence-corrected chi connectivity index (χ1v) is 13.2. The van der Waals surface area contributed by atoms with Crippen LogP contribution in [0, 0.1) is 5.82 Å². The molecule has 6 nitrogen and oxygen atoms in total. The minimum Gasteiger partial charge on any atom is -0.370 e. The van der Waals surface area contributed by atoms with Gasteiger partial charge in [-0.2, -0.15) is 0 Å². The molecule has 1 saturated heterocycles. The van der Waals surface area contributed by atoms with Gasteiger partial charge < -0.3 is 15.2 Å². The SMILES string of the molecule is O=C(NCc1cc2c(Cl)c[nH]c2cc1F)c1ccnc(Cc2nc3ccccc3cc2N2CCCCC2)c1. The van der Waals surface area contributed by atoms with Gasteiger partial charge in [0.1, 0.15) is 5.82 Å². The molecule has 0 radical (unpaired) electrons. The summed E-state index contributed by atoms with van der Waals surface area (Å²) in [6.45, 7) is 2.07. The van der Waals surface area contributed by atoms with Gasteiger partial charge in [-0.25, -0.2) is 4.39 Å². The number of halogens is 2. The highest BCUT2D eigenvalue weighted by atomic mass is 35.5. The molecule has 2 N–H and O–H groups in total. The number of piperidine rings is 1. The van der Waals surface area contributed by atoms with Crippen molar-refractivity contribution in [1.29, 1.82) is 0 Å². The fourth-order valence-corrected chi connectivity index (χ4v) is 5.35. The number of pyridine rings is 2. The van der Waals surface area contributed by atoms with Gasteiger partial charge in [-0.1, -0.05) is 29.8 Å². The third kappa shape index (κ3) is 4.94. The molecule has 192 valence electrons. The summed E-state index contributed by atoms with van der Waals surface area (Å²) < 4.78 is 14.6. The molecular weight excluding hydrogens is 501 g/mol. The fourth-order valence-electron chi connectivity index (χ4n) is 5.14. The van der Waals surface area contributed by atoms with Gasteiger partial charge in [-0.15, -0.1) is 0 Å². The Hall–Kier alpha value is -3.97. The summed E-state index contributed by atoms with van der Waals surface area (Å²) in [6, 6.07) is 16.9. The second kappa shape index (κ2) is 10.4. The first-order valence-electron chi connectivity index (χ1n) is 12.9. The molecule has 1 amide bonds. The van der Waals surface area contributed by atoms with Crippen molar-refractivity contribution in [2.45, 2.75) is 32.2 Å². The number of nitrogens with zero attached hydrogens (tertiary/aromatic N) is 3. The number of fused-ring (bicyclic) bond motifs is 2. The Morgan fingerprint density at radius 1 is 1.08 bits per heavy atom. The quantitative estimate of drug-likeness (QED) is 0.267. The Morgan fingerprint density at radius 2 is 1.92 bits per heavy atom. The van der Waals surface area contributed by atoms with Gasteiger partial charge in [0, 0.05) is 71.6 Å². The van der Waals surface area contributed by atoms with Crippen LogP contribution < -0.4 is 10.2 Å². The monoisotopic (exact) mass is 527 g/mol. The lowest BCUT2D eigenvalue weighted by molar-refractivity contribution is 0.0950. The number of hydrogen-bond acceptors (Lipinski definition) is 4. The van der Waals surface area contributed by atoms with E-state index in [1.54, 1.807) is 30.6 Å². The lowest BCUT2D eigenvalue weighted by Gasteiger charge is -2.30. The minimum atomic E-state index is -0.403. The van der Waals surface area contributed by atoms with E-state index in [-0.39, 0.29) is 12.5 Å². The number of carbonyl (C=O) groups is 1. The van der Waals surface area contributed by atoms with E-state index in [1.165, 1.54) is 25.3 Å². The number of aromatic nitrogens is 3. The molecule has 0 bridgehead atoms. The summed E-state index contributed by atoms with van der Waals surface area (Å²) >= 11 is 6.18. The van der Waals surface area contributed by atoms with Crippen LogP contribution in [0.15, 0.2) is 67.0 Å². The number of amides is 1. The number of hydrogen-bond donors (Lipinski definition) is 2. The summed E-state index contributed by atoms with van der Waals surface area (Å²) in [7, 11) is 0. The molecule has 1 fully saturated rings. The average molecular weight is 528 g/mol. The van der Waals surface area contributed by atoms with Crippen LogP contribution in [0.5, 0.6) is 0 Å². The number of H-pyrrole nitrogens is 1. The molecule has 8 heteroatoms. The zero-order chi connectivity index (χ0) is 26.1. The predicted octanol–water partition coefficient (Wildman–Crippen LogP) is 6.41. The summed E-state index contributed by atoms with van der Waals surface area (Å²) in [4.78, 5) is 27.9. The minimum absolute atomic E-state index is 0.0467. The molecule has 3 aromatic heterocycles. The van der Waals surface area contributed by atoms with Crippen LogP contribution >= 0.6 is 11.6 Å². The van der Waals surface area contributed by atoms with Crippen LogP contribution in [0.2, 0.25) is 5.02 Å². The number of rotatable bonds is 6. The van der Waals surface area contributed by atoms with Crippen LogP contribution in [-0.4, -0.2) is 33.9 Å². The first kappa shape index (κ1) is 24.4. The van der Waals surface area contributed by atoms with E-state index in [4.69, 9.17) is 16.6 Å². The highest BCUT2D eigenvalue weighted by molar-refractivity contribution is 6.35. The third-order valence-corrected chi connectivity index (χ3v) is 7.45. The Morgan fingerprint density at radius 3 is 2.79 bits per heavy atom. The van der Waals surface area contributed by atoms with E-state index >= 15 is 0 Å². The van der Waals surface area contributed by atoms with Crippen molar-refractivity contribution in [3.63, 3.8) is 0 Å². The van der Waals surface area contributed by atoms with Gasteiger partial charge in [0.25, 0.3) is 5.91 Å². The van der Waals surface area contributed by atoms with Crippen LogP contribution in [0.4, 0.5) is 10.1 Å². The molecule has 0 aliphatic carbocycles. The van der Waals surface area contributed by atoms with Gasteiger partial charge in [0.15, 0.2) is 0 Å². The highest BCUT2D eigenvalue weighted by Gasteiger charge is 2.18. The molecule has 6 rings (SSSR count).